The van der Waals surface area contributed by atoms with E-state index in [1.165, 1.54) is 0 Å². The van der Waals surface area contributed by atoms with Crippen molar-refractivity contribution in [3.8, 4) is 0 Å². The molecule has 0 unspecified atom stereocenters. The summed E-state index contributed by atoms with van der Waals surface area (Å²) in [7, 11) is 0. The van der Waals surface area contributed by atoms with Crippen molar-refractivity contribution < 1.29 is 4.79 Å². The van der Waals surface area contributed by atoms with Gasteiger partial charge in [-0.3, -0.25) is 4.79 Å². The van der Waals surface area contributed by atoms with Crippen LogP contribution >= 0.6 is 15.9 Å². The maximum Gasteiger partial charge on any atom is 0.238 e. The zero-order valence-corrected chi connectivity index (χ0v) is 13.5. The van der Waals surface area contributed by atoms with Crippen LogP contribution in [0.4, 0.5) is 5.69 Å². The van der Waals surface area contributed by atoms with E-state index < -0.39 is 0 Å². The van der Waals surface area contributed by atoms with Crippen molar-refractivity contribution in [2.45, 2.75) is 45.6 Å². The number of hydrogen-bond acceptors (Lipinski definition) is 2. The van der Waals surface area contributed by atoms with E-state index in [1.807, 2.05) is 24.3 Å². The molecule has 0 spiro atoms. The first kappa shape index (κ1) is 16.2. The van der Waals surface area contributed by atoms with E-state index >= 15 is 0 Å². The van der Waals surface area contributed by atoms with E-state index in [0.717, 1.165) is 29.4 Å². The Morgan fingerprint density at radius 2 is 1.84 bits per heavy atom. The van der Waals surface area contributed by atoms with Crippen molar-refractivity contribution in [2.75, 3.05) is 11.9 Å². The molecule has 3 nitrogen and oxygen atoms in total. The van der Waals surface area contributed by atoms with E-state index in [2.05, 4.69) is 47.3 Å². The normalized spacial score (nSPS) is 11.4. The van der Waals surface area contributed by atoms with Crippen molar-refractivity contribution >= 4 is 27.5 Å². The highest BCUT2D eigenvalue weighted by Gasteiger charge is 2.23. The Bertz CT molecular complexity index is 408. The molecule has 0 aliphatic carbocycles. The minimum absolute atomic E-state index is 0.00201. The Balaban J connectivity index is 2.52. The molecule has 19 heavy (non-hydrogen) atoms. The van der Waals surface area contributed by atoms with Crippen molar-refractivity contribution in [1.29, 1.82) is 0 Å². The molecule has 0 aliphatic heterocycles. The minimum Gasteiger partial charge on any atom is -0.325 e. The predicted octanol–water partition coefficient (Wildman–Crippen LogP) is 3.95. The third-order valence-electron chi connectivity index (χ3n) is 3.76. The molecule has 4 heteroatoms. The Kier molecular flexibility index (Phi) is 6.52. The van der Waals surface area contributed by atoms with E-state index in [-0.39, 0.29) is 11.4 Å². The molecule has 0 fully saturated rings. The van der Waals surface area contributed by atoms with Crippen LogP contribution in [0.15, 0.2) is 28.7 Å². The number of hydrogen-bond donors (Lipinski definition) is 2. The zero-order valence-electron chi connectivity index (χ0n) is 11.9. The lowest BCUT2D eigenvalue weighted by atomic mass is 9.90. The summed E-state index contributed by atoms with van der Waals surface area (Å²) in [6.07, 6.45) is 3.10. The Morgan fingerprint density at radius 3 is 2.37 bits per heavy atom. The van der Waals surface area contributed by atoms with Gasteiger partial charge in [0.05, 0.1) is 6.54 Å². The smallest absolute Gasteiger partial charge is 0.238 e. The Labute approximate surface area is 124 Å². The summed E-state index contributed by atoms with van der Waals surface area (Å²) in [5.74, 6) is -0.00201. The first-order valence-corrected chi connectivity index (χ1v) is 7.65. The van der Waals surface area contributed by atoms with Crippen molar-refractivity contribution in [3.05, 3.63) is 28.7 Å². The summed E-state index contributed by atoms with van der Waals surface area (Å²) in [6, 6.07) is 7.62. The molecule has 0 saturated carbocycles. The van der Waals surface area contributed by atoms with Gasteiger partial charge < -0.3 is 10.6 Å². The van der Waals surface area contributed by atoms with Gasteiger partial charge in [-0.1, -0.05) is 42.8 Å². The van der Waals surface area contributed by atoms with Crippen molar-refractivity contribution in [2.24, 2.45) is 0 Å². The molecule has 1 aromatic carbocycles. The fraction of sp³-hybridized carbons (Fsp3) is 0.533. The molecule has 0 heterocycles. The minimum atomic E-state index is -0.00201. The third-order valence-corrected chi connectivity index (χ3v) is 4.26. The lowest BCUT2D eigenvalue weighted by Gasteiger charge is -2.31. The fourth-order valence-corrected chi connectivity index (χ4v) is 2.56. The van der Waals surface area contributed by atoms with Gasteiger partial charge in [-0.2, -0.15) is 0 Å². The van der Waals surface area contributed by atoms with Gasteiger partial charge in [-0.25, -0.2) is 0 Å². The van der Waals surface area contributed by atoms with Crippen LogP contribution in [0.1, 0.15) is 40.0 Å². The second-order valence-corrected chi connectivity index (χ2v) is 5.67. The average Bonchev–Trinajstić information content (AvgIpc) is 2.41. The average molecular weight is 327 g/mol. The van der Waals surface area contributed by atoms with E-state index in [4.69, 9.17) is 0 Å². The number of carbonyl (C=O) groups excluding carboxylic acids is 1. The fourth-order valence-electron chi connectivity index (χ4n) is 2.16. The molecule has 0 bridgehead atoms. The largest absolute Gasteiger partial charge is 0.325 e. The first-order valence-electron chi connectivity index (χ1n) is 6.85. The van der Waals surface area contributed by atoms with Crippen LogP contribution in [-0.2, 0) is 4.79 Å². The van der Waals surface area contributed by atoms with Gasteiger partial charge in [-0.15, -0.1) is 0 Å². The van der Waals surface area contributed by atoms with Crippen LogP contribution in [0.2, 0.25) is 0 Å². The van der Waals surface area contributed by atoms with Gasteiger partial charge in [0.15, 0.2) is 0 Å². The van der Waals surface area contributed by atoms with Crippen LogP contribution in [0, 0.1) is 0 Å². The molecule has 1 rings (SSSR count). The van der Waals surface area contributed by atoms with Gasteiger partial charge >= 0.3 is 0 Å². The number of benzene rings is 1. The summed E-state index contributed by atoms with van der Waals surface area (Å²) in [5, 5.41) is 6.29. The van der Waals surface area contributed by atoms with E-state index in [9.17, 15) is 4.79 Å². The summed E-state index contributed by atoms with van der Waals surface area (Å²) in [5.41, 5.74) is 0.894. The highest BCUT2D eigenvalue weighted by molar-refractivity contribution is 9.10. The van der Waals surface area contributed by atoms with Gasteiger partial charge in [0, 0.05) is 15.7 Å². The van der Waals surface area contributed by atoms with Crippen LogP contribution in [-0.4, -0.2) is 18.0 Å². The maximum atomic E-state index is 11.9. The molecule has 0 aromatic heterocycles. The molecule has 0 atom stereocenters. The molecule has 2 N–H and O–H groups in total. The number of anilines is 1. The van der Waals surface area contributed by atoms with Crippen LogP contribution in [0.3, 0.4) is 0 Å². The first-order chi connectivity index (χ1) is 9.05. The molecule has 1 amide bonds. The number of rotatable bonds is 7. The van der Waals surface area contributed by atoms with E-state index in [0.29, 0.717) is 6.54 Å². The van der Waals surface area contributed by atoms with Crippen molar-refractivity contribution in [1.82, 2.24) is 5.32 Å². The monoisotopic (exact) mass is 326 g/mol. The molecule has 1 aromatic rings. The van der Waals surface area contributed by atoms with Gasteiger partial charge in [0.1, 0.15) is 0 Å². The second kappa shape index (κ2) is 7.65. The maximum absolute atomic E-state index is 11.9. The molecule has 0 radical (unpaired) electrons. The van der Waals surface area contributed by atoms with Crippen LogP contribution in [0.5, 0.6) is 0 Å². The summed E-state index contributed by atoms with van der Waals surface area (Å²) in [4.78, 5) is 11.9. The van der Waals surface area contributed by atoms with Crippen LogP contribution in [0.25, 0.3) is 0 Å². The Morgan fingerprint density at radius 1 is 1.21 bits per heavy atom. The molecule has 0 saturated heterocycles. The summed E-state index contributed by atoms with van der Waals surface area (Å²) >= 11 is 3.39. The van der Waals surface area contributed by atoms with Gasteiger partial charge in [0.2, 0.25) is 5.91 Å². The third kappa shape index (κ3) is 4.96. The van der Waals surface area contributed by atoms with Gasteiger partial charge in [0.25, 0.3) is 0 Å². The molecular weight excluding hydrogens is 304 g/mol. The second-order valence-electron chi connectivity index (χ2n) is 4.75. The lowest BCUT2D eigenvalue weighted by Crippen LogP contribution is -2.47. The highest BCUT2D eigenvalue weighted by Crippen LogP contribution is 2.19. The lowest BCUT2D eigenvalue weighted by molar-refractivity contribution is -0.115. The quantitative estimate of drug-likeness (QED) is 0.796. The predicted molar refractivity (Wildman–Crippen MR) is 84.4 cm³/mol. The topological polar surface area (TPSA) is 41.1 Å². The standard InChI is InChI=1S/C15H23BrN2O/c1-4-15(5-2,6-3)17-11-14(19)18-13-9-7-8-12(16)10-13/h7-10,17H,4-6,11H2,1-3H3,(H,18,19). The highest BCUT2D eigenvalue weighted by atomic mass is 79.9. The molecular formula is C15H23BrN2O. The van der Waals surface area contributed by atoms with Crippen molar-refractivity contribution in [3.63, 3.8) is 0 Å². The number of nitrogens with one attached hydrogen (secondary N) is 2. The Hall–Kier alpha value is -0.870. The SMILES string of the molecule is CCC(CC)(CC)NCC(=O)Nc1cccc(Br)c1. The van der Waals surface area contributed by atoms with Gasteiger partial charge in [-0.05, 0) is 37.5 Å². The number of carbonyl (C=O) groups is 1. The summed E-state index contributed by atoms with van der Waals surface area (Å²) < 4.78 is 0.961. The number of amides is 1. The number of halogens is 1. The van der Waals surface area contributed by atoms with Crippen LogP contribution < -0.4 is 10.6 Å². The zero-order chi connectivity index (χ0) is 14.3. The van der Waals surface area contributed by atoms with E-state index in [1.54, 1.807) is 0 Å². The molecule has 0 aliphatic rings. The summed E-state index contributed by atoms with van der Waals surface area (Å²) in [6.45, 7) is 6.83. The molecule has 106 valence electrons.